The van der Waals surface area contributed by atoms with Crippen LogP contribution in [0.2, 0.25) is 5.02 Å². The fraction of sp³-hybridized carbons (Fsp3) is 0.400. The van der Waals surface area contributed by atoms with Gasteiger partial charge < -0.3 is 10.2 Å². The predicted octanol–water partition coefficient (Wildman–Crippen LogP) is 2.43. The molecule has 6 heteroatoms. The molecule has 0 saturated carbocycles. The Morgan fingerprint density at radius 3 is 2.50 bits per heavy atom. The molecule has 0 spiro atoms. The lowest BCUT2D eigenvalue weighted by atomic mass is 10.0. The van der Waals surface area contributed by atoms with Crippen molar-refractivity contribution in [2.75, 3.05) is 6.54 Å². The summed E-state index contributed by atoms with van der Waals surface area (Å²) in [6.07, 6.45) is -1.51. The molecule has 0 bridgehead atoms. The van der Waals surface area contributed by atoms with Gasteiger partial charge >= 0.3 is 0 Å². The van der Waals surface area contributed by atoms with Gasteiger partial charge in [0, 0.05) is 16.4 Å². The highest BCUT2D eigenvalue weighted by atomic mass is 35.5. The van der Waals surface area contributed by atoms with E-state index < -0.39 is 12.2 Å². The second-order valence-electron chi connectivity index (χ2n) is 3.37. The van der Waals surface area contributed by atoms with E-state index in [2.05, 4.69) is 10.0 Å². The zero-order valence-electron chi connectivity index (χ0n) is 8.49. The van der Waals surface area contributed by atoms with Crippen molar-refractivity contribution in [2.45, 2.75) is 18.6 Å². The zero-order valence-corrected chi connectivity index (χ0v) is 9.25. The van der Waals surface area contributed by atoms with E-state index in [1.54, 1.807) is 24.3 Å². The lowest BCUT2D eigenvalue weighted by Crippen LogP contribution is -2.15. The molecular formula is C10H12ClN3O2. The van der Waals surface area contributed by atoms with E-state index in [1.165, 1.54) is 0 Å². The van der Waals surface area contributed by atoms with Crippen molar-refractivity contribution >= 4 is 11.6 Å². The third kappa shape index (κ3) is 4.08. The van der Waals surface area contributed by atoms with Crippen molar-refractivity contribution in [3.8, 4) is 0 Å². The van der Waals surface area contributed by atoms with Gasteiger partial charge in [-0.1, -0.05) is 28.8 Å². The summed E-state index contributed by atoms with van der Waals surface area (Å²) >= 11 is 5.70. The highest BCUT2D eigenvalue weighted by Gasteiger charge is 2.12. The minimum absolute atomic E-state index is 0.0405. The molecule has 16 heavy (non-hydrogen) atoms. The molecule has 1 aromatic rings. The number of aliphatic hydroxyl groups excluding tert-OH is 2. The number of hydrogen-bond donors (Lipinski definition) is 2. The van der Waals surface area contributed by atoms with Crippen molar-refractivity contribution in [2.24, 2.45) is 5.11 Å². The number of nitrogens with zero attached hydrogens (tertiary/aromatic N) is 3. The molecule has 0 saturated heterocycles. The summed E-state index contributed by atoms with van der Waals surface area (Å²) in [5, 5.41) is 23.0. The summed E-state index contributed by atoms with van der Waals surface area (Å²) in [6.45, 7) is -0.0405. The molecule has 2 atom stereocenters. The maximum absolute atomic E-state index is 9.74. The third-order valence-electron chi connectivity index (χ3n) is 2.11. The van der Waals surface area contributed by atoms with Crippen molar-refractivity contribution in [1.82, 2.24) is 0 Å². The summed E-state index contributed by atoms with van der Waals surface area (Å²) in [5.41, 5.74) is 8.74. The Bertz CT molecular complexity index is 376. The van der Waals surface area contributed by atoms with Crippen LogP contribution in [0.1, 0.15) is 18.1 Å². The second-order valence-corrected chi connectivity index (χ2v) is 3.81. The highest BCUT2D eigenvalue weighted by molar-refractivity contribution is 6.30. The lowest BCUT2D eigenvalue weighted by molar-refractivity contribution is 0.0852. The van der Waals surface area contributed by atoms with E-state index in [4.69, 9.17) is 17.1 Å². The summed E-state index contributed by atoms with van der Waals surface area (Å²) in [6, 6.07) is 6.71. The van der Waals surface area contributed by atoms with Crippen LogP contribution in [0.4, 0.5) is 0 Å². The van der Waals surface area contributed by atoms with Gasteiger partial charge in [0.1, 0.15) is 0 Å². The number of azide groups is 1. The van der Waals surface area contributed by atoms with Gasteiger partial charge in [-0.05, 0) is 23.2 Å². The molecule has 2 N–H and O–H groups in total. The second kappa shape index (κ2) is 6.35. The summed E-state index contributed by atoms with van der Waals surface area (Å²) < 4.78 is 0. The van der Waals surface area contributed by atoms with Gasteiger partial charge in [0.25, 0.3) is 0 Å². The smallest absolute Gasteiger partial charge is 0.0814 e. The van der Waals surface area contributed by atoms with E-state index in [-0.39, 0.29) is 13.0 Å². The SMILES string of the molecule is [N-]=[N+]=NCC(O)CC(O)c1ccc(Cl)cc1. The Morgan fingerprint density at radius 2 is 1.94 bits per heavy atom. The maximum Gasteiger partial charge on any atom is 0.0814 e. The monoisotopic (exact) mass is 241 g/mol. The van der Waals surface area contributed by atoms with Gasteiger partial charge in [-0.2, -0.15) is 0 Å². The zero-order chi connectivity index (χ0) is 12.0. The van der Waals surface area contributed by atoms with Crippen molar-refractivity contribution < 1.29 is 10.2 Å². The summed E-state index contributed by atoms with van der Waals surface area (Å²) in [5.74, 6) is 0. The van der Waals surface area contributed by atoms with Gasteiger partial charge in [-0.3, -0.25) is 0 Å². The van der Waals surface area contributed by atoms with Crippen molar-refractivity contribution in [3.05, 3.63) is 45.3 Å². The van der Waals surface area contributed by atoms with E-state index >= 15 is 0 Å². The maximum atomic E-state index is 9.74. The molecule has 0 heterocycles. The van der Waals surface area contributed by atoms with Crippen LogP contribution in [0.15, 0.2) is 29.4 Å². The van der Waals surface area contributed by atoms with Crippen LogP contribution in [-0.2, 0) is 0 Å². The van der Waals surface area contributed by atoms with Crippen LogP contribution in [0.5, 0.6) is 0 Å². The average molecular weight is 242 g/mol. The number of rotatable bonds is 5. The molecule has 1 rings (SSSR count). The minimum atomic E-state index is -0.846. The fourth-order valence-electron chi connectivity index (χ4n) is 1.28. The van der Waals surface area contributed by atoms with Gasteiger partial charge in [0.2, 0.25) is 0 Å². The lowest BCUT2D eigenvalue weighted by Gasteiger charge is -2.14. The molecule has 1 aromatic carbocycles. The number of aliphatic hydroxyl groups is 2. The Hall–Kier alpha value is -1.26. The highest BCUT2D eigenvalue weighted by Crippen LogP contribution is 2.20. The first kappa shape index (κ1) is 12.8. The first-order chi connectivity index (χ1) is 7.63. The van der Waals surface area contributed by atoms with Gasteiger partial charge in [-0.25, -0.2) is 0 Å². The molecule has 0 aliphatic rings. The normalized spacial score (nSPS) is 13.9. The van der Waals surface area contributed by atoms with Crippen LogP contribution in [0.3, 0.4) is 0 Å². The molecule has 0 aliphatic carbocycles. The molecule has 0 aromatic heterocycles. The van der Waals surface area contributed by atoms with Crippen LogP contribution < -0.4 is 0 Å². The van der Waals surface area contributed by atoms with Gasteiger partial charge in [0.15, 0.2) is 0 Å². The number of benzene rings is 1. The average Bonchev–Trinajstić information content (AvgIpc) is 2.27. The molecule has 0 fully saturated rings. The first-order valence-electron chi connectivity index (χ1n) is 4.76. The van der Waals surface area contributed by atoms with Gasteiger partial charge in [-0.15, -0.1) is 0 Å². The van der Waals surface area contributed by atoms with Crippen LogP contribution in [-0.4, -0.2) is 22.9 Å². The van der Waals surface area contributed by atoms with E-state index in [0.717, 1.165) is 0 Å². The quantitative estimate of drug-likeness (QED) is 0.471. The Balaban J connectivity index is 2.54. The summed E-state index contributed by atoms with van der Waals surface area (Å²) in [7, 11) is 0. The van der Waals surface area contributed by atoms with E-state index in [9.17, 15) is 10.2 Å². The molecule has 0 amide bonds. The third-order valence-corrected chi connectivity index (χ3v) is 2.36. The Kier molecular flexibility index (Phi) is 5.08. The Labute approximate surface area is 97.9 Å². The van der Waals surface area contributed by atoms with Crippen LogP contribution in [0.25, 0.3) is 10.4 Å². The molecule has 86 valence electrons. The Morgan fingerprint density at radius 1 is 1.31 bits per heavy atom. The van der Waals surface area contributed by atoms with E-state index in [0.29, 0.717) is 10.6 Å². The summed E-state index contributed by atoms with van der Waals surface area (Å²) in [4.78, 5) is 2.53. The van der Waals surface area contributed by atoms with Crippen LogP contribution >= 0.6 is 11.6 Å². The van der Waals surface area contributed by atoms with E-state index in [1.807, 2.05) is 0 Å². The number of halogens is 1. The largest absolute Gasteiger partial charge is 0.393 e. The predicted molar refractivity (Wildman–Crippen MR) is 61.0 cm³/mol. The molecule has 0 radical (unpaired) electrons. The topological polar surface area (TPSA) is 89.2 Å². The minimum Gasteiger partial charge on any atom is -0.393 e. The molecule has 2 unspecified atom stereocenters. The molecule has 0 aliphatic heterocycles. The standard InChI is InChI=1S/C10H12ClN3O2/c11-8-3-1-7(2-4-8)10(16)5-9(15)6-13-14-12/h1-4,9-10,15-16H,5-6H2. The molecule has 5 nitrogen and oxygen atoms in total. The van der Waals surface area contributed by atoms with Crippen molar-refractivity contribution in [3.63, 3.8) is 0 Å². The number of hydrogen-bond acceptors (Lipinski definition) is 3. The van der Waals surface area contributed by atoms with Crippen molar-refractivity contribution in [1.29, 1.82) is 0 Å². The molecular weight excluding hydrogens is 230 g/mol. The van der Waals surface area contributed by atoms with Gasteiger partial charge in [0.05, 0.1) is 18.8 Å². The van der Waals surface area contributed by atoms with Crippen LogP contribution in [0, 0.1) is 0 Å². The fourth-order valence-corrected chi connectivity index (χ4v) is 1.41. The first-order valence-corrected chi connectivity index (χ1v) is 5.13.